The zero-order chi connectivity index (χ0) is 14.7. The Balaban J connectivity index is 1.52. The molecule has 0 saturated carbocycles. The van der Waals surface area contributed by atoms with E-state index in [1.165, 1.54) is 0 Å². The molecule has 1 saturated heterocycles. The van der Waals surface area contributed by atoms with E-state index in [1.807, 2.05) is 24.3 Å². The first-order chi connectivity index (χ1) is 10.2. The summed E-state index contributed by atoms with van der Waals surface area (Å²) < 4.78 is 6.46. The molecule has 0 bridgehead atoms. The van der Waals surface area contributed by atoms with Crippen molar-refractivity contribution in [2.75, 3.05) is 13.2 Å². The SMILES string of the molecule is O=C(NCC1CCCO1)C1CC(c2cccc(Br)c2)=NO1. The van der Waals surface area contributed by atoms with Crippen molar-refractivity contribution in [3.8, 4) is 0 Å². The van der Waals surface area contributed by atoms with Crippen molar-refractivity contribution in [3.63, 3.8) is 0 Å². The van der Waals surface area contributed by atoms with Gasteiger partial charge in [0, 0.05) is 29.6 Å². The molecule has 3 rings (SSSR count). The Labute approximate surface area is 131 Å². The van der Waals surface area contributed by atoms with Crippen LogP contribution in [0, 0.1) is 0 Å². The van der Waals surface area contributed by atoms with Crippen LogP contribution in [-0.2, 0) is 14.4 Å². The number of amides is 1. The summed E-state index contributed by atoms with van der Waals surface area (Å²) >= 11 is 3.43. The lowest BCUT2D eigenvalue weighted by Gasteiger charge is -2.13. The van der Waals surface area contributed by atoms with Gasteiger partial charge in [0.15, 0.2) is 0 Å². The summed E-state index contributed by atoms with van der Waals surface area (Å²) in [5.74, 6) is -0.126. The predicted molar refractivity (Wildman–Crippen MR) is 82.2 cm³/mol. The molecule has 2 atom stereocenters. The Hall–Kier alpha value is -1.40. The number of carbonyl (C=O) groups excluding carboxylic acids is 1. The maximum Gasteiger partial charge on any atom is 0.264 e. The lowest BCUT2D eigenvalue weighted by molar-refractivity contribution is -0.131. The molecule has 2 heterocycles. The Morgan fingerprint density at radius 3 is 3.14 bits per heavy atom. The van der Waals surface area contributed by atoms with Gasteiger partial charge in [-0.25, -0.2) is 0 Å². The average molecular weight is 353 g/mol. The first-order valence-electron chi connectivity index (χ1n) is 7.10. The zero-order valence-corrected chi connectivity index (χ0v) is 13.1. The van der Waals surface area contributed by atoms with Gasteiger partial charge in [0.1, 0.15) is 0 Å². The van der Waals surface area contributed by atoms with Gasteiger partial charge in [0.25, 0.3) is 5.91 Å². The highest BCUT2D eigenvalue weighted by atomic mass is 79.9. The third-order valence-corrected chi connectivity index (χ3v) is 4.14. The molecule has 5 nitrogen and oxygen atoms in total. The number of nitrogens with one attached hydrogen (secondary N) is 1. The average Bonchev–Trinajstić information content (AvgIpc) is 3.16. The largest absolute Gasteiger partial charge is 0.382 e. The molecule has 21 heavy (non-hydrogen) atoms. The molecule has 2 unspecified atom stereocenters. The summed E-state index contributed by atoms with van der Waals surface area (Å²) in [5.41, 5.74) is 1.77. The number of hydrogen-bond acceptors (Lipinski definition) is 4. The Morgan fingerprint density at radius 1 is 1.48 bits per heavy atom. The Kier molecular flexibility index (Phi) is 4.55. The van der Waals surface area contributed by atoms with E-state index >= 15 is 0 Å². The first-order valence-corrected chi connectivity index (χ1v) is 7.89. The maximum atomic E-state index is 12.1. The molecule has 0 aromatic heterocycles. The molecule has 2 aliphatic heterocycles. The van der Waals surface area contributed by atoms with Gasteiger partial charge in [0.2, 0.25) is 6.10 Å². The van der Waals surface area contributed by atoms with Crippen LogP contribution >= 0.6 is 15.9 Å². The summed E-state index contributed by atoms with van der Waals surface area (Å²) in [7, 11) is 0. The number of rotatable bonds is 4. The monoisotopic (exact) mass is 352 g/mol. The number of halogens is 1. The van der Waals surface area contributed by atoms with E-state index in [1.54, 1.807) is 0 Å². The molecule has 0 aliphatic carbocycles. The number of carbonyl (C=O) groups is 1. The fourth-order valence-electron chi connectivity index (χ4n) is 2.49. The van der Waals surface area contributed by atoms with Crippen LogP contribution in [0.25, 0.3) is 0 Å². The molecule has 1 amide bonds. The van der Waals surface area contributed by atoms with E-state index in [0.29, 0.717) is 13.0 Å². The van der Waals surface area contributed by atoms with Crippen LogP contribution in [0.15, 0.2) is 33.9 Å². The van der Waals surface area contributed by atoms with Crippen LogP contribution in [-0.4, -0.2) is 37.0 Å². The highest BCUT2D eigenvalue weighted by Crippen LogP contribution is 2.20. The van der Waals surface area contributed by atoms with E-state index in [0.717, 1.165) is 35.2 Å². The molecule has 1 N–H and O–H groups in total. The van der Waals surface area contributed by atoms with E-state index < -0.39 is 6.10 Å². The van der Waals surface area contributed by atoms with Crippen LogP contribution < -0.4 is 5.32 Å². The van der Waals surface area contributed by atoms with Crippen molar-refractivity contribution in [1.29, 1.82) is 0 Å². The minimum Gasteiger partial charge on any atom is -0.382 e. The van der Waals surface area contributed by atoms with Crippen molar-refractivity contribution in [2.24, 2.45) is 5.16 Å². The second-order valence-corrected chi connectivity index (χ2v) is 6.14. The van der Waals surface area contributed by atoms with Crippen LogP contribution in [0.4, 0.5) is 0 Å². The molecule has 1 aromatic carbocycles. The molecular weight excluding hydrogens is 336 g/mol. The topological polar surface area (TPSA) is 59.9 Å². The van der Waals surface area contributed by atoms with Crippen LogP contribution in [0.5, 0.6) is 0 Å². The van der Waals surface area contributed by atoms with Crippen LogP contribution in [0.2, 0.25) is 0 Å². The normalized spacial score (nSPS) is 24.5. The smallest absolute Gasteiger partial charge is 0.264 e. The van der Waals surface area contributed by atoms with Gasteiger partial charge in [-0.3, -0.25) is 4.79 Å². The molecule has 1 aromatic rings. The lowest BCUT2D eigenvalue weighted by Crippen LogP contribution is -2.39. The van der Waals surface area contributed by atoms with Gasteiger partial charge in [-0.05, 0) is 25.0 Å². The summed E-state index contributed by atoms with van der Waals surface area (Å²) in [4.78, 5) is 17.3. The number of benzene rings is 1. The summed E-state index contributed by atoms with van der Waals surface area (Å²) in [6, 6.07) is 7.81. The molecule has 0 radical (unpaired) electrons. The summed E-state index contributed by atoms with van der Waals surface area (Å²) in [6.45, 7) is 1.33. The first kappa shape index (κ1) is 14.5. The minimum absolute atomic E-state index is 0.126. The summed E-state index contributed by atoms with van der Waals surface area (Å²) in [5, 5.41) is 6.91. The van der Waals surface area contributed by atoms with Crippen molar-refractivity contribution in [2.45, 2.75) is 31.5 Å². The van der Waals surface area contributed by atoms with Crippen LogP contribution in [0.1, 0.15) is 24.8 Å². The highest BCUT2D eigenvalue weighted by Gasteiger charge is 2.29. The lowest BCUT2D eigenvalue weighted by atomic mass is 10.0. The van der Waals surface area contributed by atoms with Crippen LogP contribution in [0.3, 0.4) is 0 Å². The van der Waals surface area contributed by atoms with E-state index in [4.69, 9.17) is 9.57 Å². The molecule has 6 heteroatoms. The molecular formula is C15H17BrN2O3. The Morgan fingerprint density at radius 2 is 2.38 bits per heavy atom. The maximum absolute atomic E-state index is 12.1. The number of hydrogen-bond donors (Lipinski definition) is 1. The van der Waals surface area contributed by atoms with Gasteiger partial charge in [0.05, 0.1) is 11.8 Å². The molecule has 112 valence electrons. The number of ether oxygens (including phenoxy) is 1. The third-order valence-electron chi connectivity index (χ3n) is 3.65. The van der Waals surface area contributed by atoms with Crippen molar-refractivity contribution < 1.29 is 14.4 Å². The van der Waals surface area contributed by atoms with Gasteiger partial charge < -0.3 is 14.9 Å². The molecule has 0 spiro atoms. The predicted octanol–water partition coefficient (Wildman–Crippen LogP) is 2.24. The van der Waals surface area contributed by atoms with Crippen molar-refractivity contribution >= 4 is 27.5 Å². The van der Waals surface area contributed by atoms with E-state index in [-0.39, 0.29) is 12.0 Å². The summed E-state index contributed by atoms with van der Waals surface area (Å²) in [6.07, 6.45) is 2.16. The fraction of sp³-hybridized carbons (Fsp3) is 0.467. The third kappa shape index (κ3) is 3.63. The van der Waals surface area contributed by atoms with E-state index in [2.05, 4.69) is 26.4 Å². The number of nitrogens with zero attached hydrogens (tertiary/aromatic N) is 1. The van der Waals surface area contributed by atoms with Gasteiger partial charge in [-0.15, -0.1) is 0 Å². The minimum atomic E-state index is -0.541. The standard InChI is InChI=1S/C15H17BrN2O3/c16-11-4-1-3-10(7-11)13-8-14(21-18-13)15(19)17-9-12-5-2-6-20-12/h1,3-4,7,12,14H,2,5-6,8-9H2,(H,17,19). The second-order valence-electron chi connectivity index (χ2n) is 5.23. The zero-order valence-electron chi connectivity index (χ0n) is 11.5. The highest BCUT2D eigenvalue weighted by molar-refractivity contribution is 9.10. The molecule has 1 fully saturated rings. The fourth-order valence-corrected chi connectivity index (χ4v) is 2.89. The van der Waals surface area contributed by atoms with Crippen molar-refractivity contribution in [1.82, 2.24) is 5.32 Å². The quantitative estimate of drug-likeness (QED) is 0.903. The van der Waals surface area contributed by atoms with E-state index in [9.17, 15) is 4.79 Å². The van der Waals surface area contributed by atoms with Gasteiger partial charge in [-0.1, -0.05) is 33.2 Å². The number of oxime groups is 1. The van der Waals surface area contributed by atoms with Gasteiger partial charge in [-0.2, -0.15) is 0 Å². The second kappa shape index (κ2) is 6.58. The van der Waals surface area contributed by atoms with Gasteiger partial charge >= 0.3 is 0 Å². The van der Waals surface area contributed by atoms with Crippen molar-refractivity contribution in [3.05, 3.63) is 34.3 Å². The molecule has 2 aliphatic rings. The Bertz CT molecular complexity index is 556.